The van der Waals surface area contributed by atoms with Crippen molar-refractivity contribution >= 4 is 17.2 Å². The number of aryl methyl sites for hydroxylation is 2. The van der Waals surface area contributed by atoms with Gasteiger partial charge in [-0.25, -0.2) is 0 Å². The third-order valence-electron chi connectivity index (χ3n) is 2.97. The van der Waals surface area contributed by atoms with E-state index in [0.29, 0.717) is 18.1 Å². The van der Waals surface area contributed by atoms with Crippen molar-refractivity contribution in [2.75, 3.05) is 0 Å². The summed E-state index contributed by atoms with van der Waals surface area (Å²) in [6.07, 6.45) is 0. The topological polar surface area (TPSA) is 94.1 Å². The maximum absolute atomic E-state index is 12.0. The predicted molar refractivity (Wildman–Crippen MR) is 74.8 cm³/mol. The van der Waals surface area contributed by atoms with Crippen molar-refractivity contribution in [1.29, 1.82) is 0 Å². The number of hydrogen-bond donors (Lipinski definition) is 1. The van der Waals surface area contributed by atoms with Gasteiger partial charge in [0.2, 0.25) is 5.82 Å². The Morgan fingerprint density at radius 1 is 1.33 bits per heavy atom. The molecule has 3 aromatic heterocycles. The number of nitrogens with zero attached hydrogens (tertiary/aromatic N) is 3. The average molecular weight is 304 g/mol. The highest BCUT2D eigenvalue weighted by Crippen LogP contribution is 2.21. The van der Waals surface area contributed by atoms with Gasteiger partial charge in [0.15, 0.2) is 0 Å². The number of thiophene rings is 1. The molecular formula is C13H12N4O3S. The zero-order valence-electron chi connectivity index (χ0n) is 11.4. The normalized spacial score (nSPS) is 10.8. The highest BCUT2D eigenvalue weighted by Gasteiger charge is 2.17. The van der Waals surface area contributed by atoms with Crippen LogP contribution in [0.5, 0.6) is 0 Å². The molecule has 0 fully saturated rings. The maximum atomic E-state index is 12.0. The van der Waals surface area contributed by atoms with Crippen LogP contribution in [0, 0.1) is 13.8 Å². The van der Waals surface area contributed by atoms with Crippen LogP contribution in [0.15, 0.2) is 26.6 Å². The van der Waals surface area contributed by atoms with Gasteiger partial charge in [-0.3, -0.25) is 4.79 Å². The Morgan fingerprint density at radius 3 is 2.86 bits per heavy atom. The monoisotopic (exact) mass is 304 g/mol. The van der Waals surface area contributed by atoms with Crippen molar-refractivity contribution < 1.29 is 13.8 Å². The number of nitrogens with one attached hydrogen (secondary N) is 1. The lowest BCUT2D eigenvalue weighted by atomic mass is 10.2. The first-order valence-corrected chi connectivity index (χ1v) is 7.10. The number of hydrogen-bond acceptors (Lipinski definition) is 7. The molecule has 0 spiro atoms. The van der Waals surface area contributed by atoms with Gasteiger partial charge in [0.05, 0.1) is 10.6 Å². The molecule has 0 aliphatic rings. The summed E-state index contributed by atoms with van der Waals surface area (Å²) in [7, 11) is 0. The van der Waals surface area contributed by atoms with Crippen molar-refractivity contribution in [1.82, 2.24) is 20.6 Å². The van der Waals surface area contributed by atoms with E-state index in [0.717, 1.165) is 16.1 Å². The minimum absolute atomic E-state index is 0.0647. The van der Waals surface area contributed by atoms with E-state index in [1.54, 1.807) is 6.92 Å². The molecule has 0 aromatic carbocycles. The average Bonchev–Trinajstić information content (AvgIpc) is 3.18. The standard InChI is InChI=1S/C13H12N4O3S/c1-7-9(8(2)19-16-7)6-14-12(18)13-15-11(17-20-13)10-4-3-5-21-10/h3-5H,6H2,1-2H3,(H,14,18). The first-order chi connectivity index (χ1) is 10.1. The summed E-state index contributed by atoms with van der Waals surface area (Å²) in [6, 6.07) is 3.74. The largest absolute Gasteiger partial charge is 0.361 e. The number of carbonyl (C=O) groups is 1. The van der Waals surface area contributed by atoms with Gasteiger partial charge in [0.1, 0.15) is 5.76 Å². The zero-order chi connectivity index (χ0) is 14.8. The van der Waals surface area contributed by atoms with E-state index in [4.69, 9.17) is 9.05 Å². The fraction of sp³-hybridized carbons (Fsp3) is 0.231. The highest BCUT2D eigenvalue weighted by molar-refractivity contribution is 7.13. The van der Waals surface area contributed by atoms with Crippen LogP contribution in [-0.4, -0.2) is 21.2 Å². The van der Waals surface area contributed by atoms with Gasteiger partial charge < -0.3 is 14.4 Å². The van der Waals surface area contributed by atoms with Gasteiger partial charge in [0.25, 0.3) is 0 Å². The summed E-state index contributed by atoms with van der Waals surface area (Å²) in [5.74, 6) is 0.598. The van der Waals surface area contributed by atoms with Gasteiger partial charge in [-0.15, -0.1) is 11.3 Å². The van der Waals surface area contributed by atoms with Crippen LogP contribution in [-0.2, 0) is 6.54 Å². The van der Waals surface area contributed by atoms with Crippen LogP contribution >= 0.6 is 11.3 Å². The van der Waals surface area contributed by atoms with Gasteiger partial charge in [-0.1, -0.05) is 16.4 Å². The lowest BCUT2D eigenvalue weighted by Crippen LogP contribution is -2.23. The molecule has 0 aliphatic carbocycles. The summed E-state index contributed by atoms with van der Waals surface area (Å²) in [5.41, 5.74) is 1.60. The van der Waals surface area contributed by atoms with Crippen molar-refractivity contribution in [3.63, 3.8) is 0 Å². The summed E-state index contributed by atoms with van der Waals surface area (Å²) in [4.78, 5) is 16.9. The third kappa shape index (κ3) is 2.70. The molecule has 3 rings (SSSR count). The highest BCUT2D eigenvalue weighted by atomic mass is 32.1. The van der Waals surface area contributed by atoms with E-state index in [1.807, 2.05) is 24.4 Å². The Labute approximate surface area is 124 Å². The van der Waals surface area contributed by atoms with Gasteiger partial charge in [-0.2, -0.15) is 4.98 Å². The Morgan fingerprint density at radius 2 is 2.19 bits per heavy atom. The second-order valence-electron chi connectivity index (χ2n) is 4.39. The summed E-state index contributed by atoms with van der Waals surface area (Å²) in [5, 5.41) is 12.2. The lowest BCUT2D eigenvalue weighted by Gasteiger charge is -2.00. The van der Waals surface area contributed by atoms with Crippen molar-refractivity contribution in [3.8, 4) is 10.7 Å². The van der Waals surface area contributed by atoms with E-state index >= 15 is 0 Å². The molecule has 0 bridgehead atoms. The van der Waals surface area contributed by atoms with Crippen LogP contribution in [0.3, 0.4) is 0 Å². The quantitative estimate of drug-likeness (QED) is 0.795. The Kier molecular flexibility index (Phi) is 3.53. The second kappa shape index (κ2) is 5.49. The Balaban J connectivity index is 1.69. The molecule has 0 unspecified atom stereocenters. The van der Waals surface area contributed by atoms with Crippen LogP contribution in [0.4, 0.5) is 0 Å². The first kappa shape index (κ1) is 13.5. The number of aromatic nitrogens is 3. The molecule has 0 atom stereocenters. The SMILES string of the molecule is Cc1noc(C)c1CNC(=O)c1nc(-c2cccs2)no1. The third-order valence-corrected chi connectivity index (χ3v) is 3.83. The summed E-state index contributed by atoms with van der Waals surface area (Å²) >= 11 is 1.48. The lowest BCUT2D eigenvalue weighted by molar-refractivity contribution is 0.0907. The fourth-order valence-corrected chi connectivity index (χ4v) is 2.47. The zero-order valence-corrected chi connectivity index (χ0v) is 12.2. The number of amides is 1. The molecule has 3 aromatic rings. The Bertz CT molecular complexity index is 741. The van der Waals surface area contributed by atoms with E-state index in [-0.39, 0.29) is 5.89 Å². The van der Waals surface area contributed by atoms with Crippen LogP contribution < -0.4 is 5.32 Å². The van der Waals surface area contributed by atoms with Crippen LogP contribution in [0.1, 0.15) is 27.7 Å². The van der Waals surface area contributed by atoms with Crippen LogP contribution in [0.25, 0.3) is 10.7 Å². The molecule has 7 nitrogen and oxygen atoms in total. The van der Waals surface area contributed by atoms with E-state index < -0.39 is 5.91 Å². The van der Waals surface area contributed by atoms with Gasteiger partial charge in [0, 0.05) is 12.1 Å². The molecule has 1 N–H and O–H groups in total. The van der Waals surface area contributed by atoms with E-state index in [9.17, 15) is 4.79 Å². The number of carbonyl (C=O) groups excluding carboxylic acids is 1. The maximum Gasteiger partial charge on any atom is 0.316 e. The minimum atomic E-state index is -0.426. The molecular weight excluding hydrogens is 292 g/mol. The molecule has 0 saturated carbocycles. The molecule has 0 saturated heterocycles. The first-order valence-electron chi connectivity index (χ1n) is 6.22. The smallest absolute Gasteiger partial charge is 0.316 e. The second-order valence-corrected chi connectivity index (χ2v) is 5.33. The van der Waals surface area contributed by atoms with Crippen molar-refractivity contribution in [2.24, 2.45) is 0 Å². The molecule has 108 valence electrons. The summed E-state index contributed by atoms with van der Waals surface area (Å²) < 4.78 is 10.0. The number of rotatable bonds is 4. The van der Waals surface area contributed by atoms with E-state index in [2.05, 4.69) is 20.6 Å². The van der Waals surface area contributed by atoms with Crippen LogP contribution in [0.2, 0.25) is 0 Å². The fourth-order valence-electron chi connectivity index (χ4n) is 1.82. The van der Waals surface area contributed by atoms with Crippen molar-refractivity contribution in [2.45, 2.75) is 20.4 Å². The molecule has 3 heterocycles. The Hall–Kier alpha value is -2.48. The van der Waals surface area contributed by atoms with Gasteiger partial charge >= 0.3 is 11.8 Å². The molecule has 0 radical (unpaired) electrons. The minimum Gasteiger partial charge on any atom is -0.361 e. The molecule has 21 heavy (non-hydrogen) atoms. The molecule has 8 heteroatoms. The molecule has 0 aliphatic heterocycles. The van der Waals surface area contributed by atoms with Gasteiger partial charge in [-0.05, 0) is 25.3 Å². The predicted octanol–water partition coefficient (Wildman–Crippen LogP) is 2.33. The van der Waals surface area contributed by atoms with E-state index in [1.165, 1.54) is 11.3 Å². The van der Waals surface area contributed by atoms with Crippen molar-refractivity contribution in [3.05, 3.63) is 40.4 Å². The molecule has 1 amide bonds. The summed E-state index contributed by atoms with van der Waals surface area (Å²) in [6.45, 7) is 3.92.